The zero-order chi connectivity index (χ0) is 15.5. The number of carbonyl (C=O) groups excluding carboxylic acids is 1. The van der Waals surface area contributed by atoms with Crippen molar-refractivity contribution >= 4 is 11.9 Å². The molecule has 1 saturated carbocycles. The number of amides is 1. The molecule has 1 aliphatic carbocycles. The molecular weight excluding hydrogens is 282 g/mol. The molecule has 5 heteroatoms. The lowest BCUT2D eigenvalue weighted by Gasteiger charge is -2.29. The SMILES string of the molecule is O=C(O)c1ccc2c(c1)CN(C(=O)COC1CCCC1)CC2. The van der Waals surface area contributed by atoms with Crippen LogP contribution in [0.3, 0.4) is 0 Å². The molecule has 0 saturated heterocycles. The quantitative estimate of drug-likeness (QED) is 0.926. The molecule has 0 aromatic heterocycles. The number of rotatable bonds is 4. The first-order valence-corrected chi connectivity index (χ1v) is 7.88. The maximum Gasteiger partial charge on any atom is 0.335 e. The van der Waals surface area contributed by atoms with Crippen molar-refractivity contribution in [2.24, 2.45) is 0 Å². The number of ether oxygens (including phenoxy) is 1. The molecule has 0 radical (unpaired) electrons. The average Bonchev–Trinajstić information content (AvgIpc) is 3.04. The monoisotopic (exact) mass is 303 g/mol. The zero-order valence-corrected chi connectivity index (χ0v) is 12.6. The standard InChI is InChI=1S/C17H21NO4/c19-16(11-22-15-3-1-2-4-15)18-8-7-12-5-6-13(17(20)21)9-14(12)10-18/h5-6,9,15H,1-4,7-8,10-11H2,(H,20,21). The molecular formula is C17H21NO4. The molecule has 0 bridgehead atoms. The summed E-state index contributed by atoms with van der Waals surface area (Å²) in [6.45, 7) is 1.29. The third-order valence-corrected chi connectivity index (χ3v) is 4.56. The van der Waals surface area contributed by atoms with E-state index >= 15 is 0 Å². The Balaban J connectivity index is 1.61. The average molecular weight is 303 g/mol. The zero-order valence-electron chi connectivity index (χ0n) is 12.6. The van der Waals surface area contributed by atoms with E-state index in [0.29, 0.717) is 13.1 Å². The summed E-state index contributed by atoms with van der Waals surface area (Å²) in [5, 5.41) is 9.07. The molecule has 1 aliphatic heterocycles. The van der Waals surface area contributed by atoms with Crippen LogP contribution in [-0.2, 0) is 22.5 Å². The second-order valence-corrected chi connectivity index (χ2v) is 6.07. The molecule has 1 fully saturated rings. The maximum absolute atomic E-state index is 12.3. The second kappa shape index (κ2) is 6.48. The first kappa shape index (κ1) is 15.0. The van der Waals surface area contributed by atoms with Crippen LogP contribution in [0.25, 0.3) is 0 Å². The highest BCUT2D eigenvalue weighted by Crippen LogP contribution is 2.23. The van der Waals surface area contributed by atoms with Crippen molar-refractivity contribution in [2.45, 2.75) is 44.8 Å². The molecule has 0 spiro atoms. The normalized spacial score (nSPS) is 18.3. The van der Waals surface area contributed by atoms with Crippen molar-refractivity contribution in [2.75, 3.05) is 13.2 Å². The first-order chi connectivity index (χ1) is 10.6. The summed E-state index contributed by atoms with van der Waals surface area (Å²) >= 11 is 0. The molecule has 1 amide bonds. The fraction of sp³-hybridized carbons (Fsp3) is 0.529. The molecule has 3 rings (SSSR count). The van der Waals surface area contributed by atoms with Gasteiger partial charge < -0.3 is 14.7 Å². The topological polar surface area (TPSA) is 66.8 Å². The fourth-order valence-corrected chi connectivity index (χ4v) is 3.24. The van der Waals surface area contributed by atoms with Crippen LogP contribution in [0.15, 0.2) is 18.2 Å². The summed E-state index contributed by atoms with van der Waals surface area (Å²) in [6, 6.07) is 5.16. The van der Waals surface area contributed by atoms with Gasteiger partial charge in [-0.1, -0.05) is 18.9 Å². The number of carboxylic acid groups (broad SMARTS) is 1. The number of hydrogen-bond donors (Lipinski definition) is 1. The van der Waals surface area contributed by atoms with Crippen LogP contribution in [0.4, 0.5) is 0 Å². The molecule has 0 atom stereocenters. The predicted octanol–water partition coefficient (Wildman–Crippen LogP) is 2.23. The lowest BCUT2D eigenvalue weighted by molar-refractivity contribution is -0.139. The number of carbonyl (C=O) groups is 2. The van der Waals surface area contributed by atoms with Crippen LogP contribution >= 0.6 is 0 Å². The lowest BCUT2D eigenvalue weighted by atomic mass is 9.97. The highest BCUT2D eigenvalue weighted by molar-refractivity contribution is 5.88. The van der Waals surface area contributed by atoms with Gasteiger partial charge in [-0.15, -0.1) is 0 Å². The molecule has 1 N–H and O–H groups in total. The Labute approximate surface area is 129 Å². The Morgan fingerprint density at radius 3 is 2.73 bits per heavy atom. The molecule has 5 nitrogen and oxygen atoms in total. The fourth-order valence-electron chi connectivity index (χ4n) is 3.24. The van der Waals surface area contributed by atoms with Crippen molar-refractivity contribution in [3.63, 3.8) is 0 Å². The van der Waals surface area contributed by atoms with Crippen LogP contribution in [0.2, 0.25) is 0 Å². The summed E-state index contributed by atoms with van der Waals surface area (Å²) in [6.07, 6.45) is 5.49. The third-order valence-electron chi connectivity index (χ3n) is 4.56. The summed E-state index contributed by atoms with van der Waals surface area (Å²) in [5.74, 6) is -0.936. The van der Waals surface area contributed by atoms with Crippen molar-refractivity contribution in [1.82, 2.24) is 4.90 Å². The van der Waals surface area contributed by atoms with E-state index in [2.05, 4.69) is 0 Å². The summed E-state index contributed by atoms with van der Waals surface area (Å²) in [4.78, 5) is 25.1. The molecule has 1 aromatic carbocycles. The largest absolute Gasteiger partial charge is 0.478 e. The smallest absolute Gasteiger partial charge is 0.335 e. The van der Waals surface area contributed by atoms with Gasteiger partial charge in [0.25, 0.3) is 0 Å². The van der Waals surface area contributed by atoms with Gasteiger partial charge in [0.1, 0.15) is 6.61 Å². The van der Waals surface area contributed by atoms with E-state index in [9.17, 15) is 9.59 Å². The molecule has 1 aromatic rings. The number of nitrogens with zero attached hydrogens (tertiary/aromatic N) is 1. The summed E-state index contributed by atoms with van der Waals surface area (Å²) in [5.41, 5.74) is 2.33. The van der Waals surface area contributed by atoms with Crippen LogP contribution in [-0.4, -0.2) is 41.1 Å². The van der Waals surface area contributed by atoms with Crippen molar-refractivity contribution < 1.29 is 19.4 Å². The second-order valence-electron chi connectivity index (χ2n) is 6.07. The van der Waals surface area contributed by atoms with Gasteiger partial charge in [-0.05, 0) is 42.5 Å². The van der Waals surface area contributed by atoms with Crippen LogP contribution in [0, 0.1) is 0 Å². The van der Waals surface area contributed by atoms with E-state index in [-0.39, 0.29) is 24.2 Å². The van der Waals surface area contributed by atoms with Gasteiger partial charge >= 0.3 is 5.97 Å². The van der Waals surface area contributed by atoms with Crippen LogP contribution in [0.1, 0.15) is 47.2 Å². The van der Waals surface area contributed by atoms with Gasteiger partial charge in [-0.2, -0.15) is 0 Å². The minimum absolute atomic E-state index is 0.00159. The van der Waals surface area contributed by atoms with E-state index in [1.54, 1.807) is 17.0 Å². The van der Waals surface area contributed by atoms with Crippen molar-refractivity contribution in [1.29, 1.82) is 0 Å². The van der Waals surface area contributed by atoms with E-state index in [1.165, 1.54) is 12.8 Å². The Hall–Kier alpha value is -1.88. The summed E-state index contributed by atoms with van der Waals surface area (Å²) in [7, 11) is 0. The van der Waals surface area contributed by atoms with Gasteiger partial charge in [0, 0.05) is 13.1 Å². The first-order valence-electron chi connectivity index (χ1n) is 7.88. The number of fused-ring (bicyclic) bond motifs is 1. The van der Waals surface area contributed by atoms with E-state index in [1.807, 2.05) is 6.07 Å². The summed E-state index contributed by atoms with van der Waals surface area (Å²) < 4.78 is 5.68. The number of aromatic carboxylic acids is 1. The Morgan fingerprint density at radius 1 is 1.23 bits per heavy atom. The number of hydrogen-bond acceptors (Lipinski definition) is 3. The molecule has 2 aliphatic rings. The van der Waals surface area contributed by atoms with E-state index in [0.717, 1.165) is 30.4 Å². The molecule has 0 unspecified atom stereocenters. The lowest BCUT2D eigenvalue weighted by Crippen LogP contribution is -2.38. The van der Waals surface area contributed by atoms with Gasteiger partial charge in [0.05, 0.1) is 11.7 Å². The van der Waals surface area contributed by atoms with Crippen molar-refractivity contribution in [3.8, 4) is 0 Å². The molecule has 22 heavy (non-hydrogen) atoms. The van der Waals surface area contributed by atoms with Gasteiger partial charge in [0.15, 0.2) is 0 Å². The molecule has 118 valence electrons. The number of benzene rings is 1. The Kier molecular flexibility index (Phi) is 4.43. The van der Waals surface area contributed by atoms with E-state index in [4.69, 9.17) is 9.84 Å². The van der Waals surface area contributed by atoms with Gasteiger partial charge in [0.2, 0.25) is 5.91 Å². The number of carboxylic acids is 1. The van der Waals surface area contributed by atoms with Crippen molar-refractivity contribution in [3.05, 3.63) is 34.9 Å². The van der Waals surface area contributed by atoms with E-state index < -0.39 is 5.97 Å². The minimum atomic E-state index is -0.934. The van der Waals surface area contributed by atoms with Crippen LogP contribution < -0.4 is 0 Å². The molecule has 1 heterocycles. The Morgan fingerprint density at radius 2 is 2.00 bits per heavy atom. The Bertz CT molecular complexity index is 578. The highest BCUT2D eigenvalue weighted by Gasteiger charge is 2.23. The predicted molar refractivity (Wildman–Crippen MR) is 80.7 cm³/mol. The highest BCUT2D eigenvalue weighted by atomic mass is 16.5. The van der Waals surface area contributed by atoms with Gasteiger partial charge in [-0.3, -0.25) is 4.79 Å². The van der Waals surface area contributed by atoms with Gasteiger partial charge in [-0.25, -0.2) is 4.79 Å². The van der Waals surface area contributed by atoms with Crippen LogP contribution in [0.5, 0.6) is 0 Å². The minimum Gasteiger partial charge on any atom is -0.478 e. The maximum atomic E-state index is 12.3. The third kappa shape index (κ3) is 3.30.